The number of aldehydes is 1. The van der Waals surface area contributed by atoms with Crippen molar-refractivity contribution in [1.29, 1.82) is 0 Å². The molecule has 1 rings (SSSR count). The first-order valence-electron chi connectivity index (χ1n) is 5.02. The summed E-state index contributed by atoms with van der Waals surface area (Å²) in [5, 5.41) is 0. The van der Waals surface area contributed by atoms with E-state index in [0.29, 0.717) is 30.8 Å². The molecule has 4 nitrogen and oxygen atoms in total. The van der Waals surface area contributed by atoms with E-state index >= 15 is 0 Å². The molecule has 16 heavy (non-hydrogen) atoms. The second-order valence-electron chi connectivity index (χ2n) is 3.18. The largest absolute Gasteiger partial charge is 0.494 e. The number of hydrogen-bond acceptors (Lipinski definition) is 4. The summed E-state index contributed by atoms with van der Waals surface area (Å²) >= 11 is 0. The van der Waals surface area contributed by atoms with E-state index in [1.807, 2.05) is 0 Å². The zero-order valence-corrected chi connectivity index (χ0v) is 9.14. The third-order valence-corrected chi connectivity index (χ3v) is 1.99. The molecule has 1 aromatic carbocycles. The molecule has 0 heterocycles. The highest BCUT2D eigenvalue weighted by Gasteiger charge is 2.05. The quantitative estimate of drug-likeness (QED) is 0.418. The van der Waals surface area contributed by atoms with Gasteiger partial charge >= 0.3 is 5.97 Å². The van der Waals surface area contributed by atoms with Crippen LogP contribution in [0.4, 0.5) is 0 Å². The van der Waals surface area contributed by atoms with Gasteiger partial charge in [0.1, 0.15) is 12.0 Å². The molecule has 0 fully saturated rings. The predicted molar refractivity (Wildman–Crippen MR) is 58.6 cm³/mol. The summed E-state index contributed by atoms with van der Waals surface area (Å²) in [6.07, 6.45) is 2.01. The SMILES string of the molecule is COC(=O)c1cccc(OCCCC=O)c1. The van der Waals surface area contributed by atoms with Crippen LogP contribution in [0.5, 0.6) is 5.75 Å². The van der Waals surface area contributed by atoms with E-state index in [-0.39, 0.29) is 0 Å². The molecule has 0 unspecified atom stereocenters. The van der Waals surface area contributed by atoms with Crippen LogP contribution < -0.4 is 4.74 Å². The molecule has 86 valence electrons. The van der Waals surface area contributed by atoms with Gasteiger partial charge in [0.15, 0.2) is 0 Å². The fourth-order valence-corrected chi connectivity index (χ4v) is 1.19. The summed E-state index contributed by atoms with van der Waals surface area (Å²) in [7, 11) is 1.33. The Balaban J connectivity index is 2.53. The topological polar surface area (TPSA) is 52.6 Å². The number of esters is 1. The van der Waals surface area contributed by atoms with Crippen molar-refractivity contribution >= 4 is 12.3 Å². The summed E-state index contributed by atoms with van der Waals surface area (Å²) < 4.78 is 9.97. The van der Waals surface area contributed by atoms with Crippen LogP contribution in [0.25, 0.3) is 0 Å². The first kappa shape index (κ1) is 12.2. The number of methoxy groups -OCH3 is 1. The lowest BCUT2D eigenvalue weighted by molar-refractivity contribution is -0.108. The van der Waals surface area contributed by atoms with Crippen molar-refractivity contribution in [2.45, 2.75) is 12.8 Å². The van der Waals surface area contributed by atoms with E-state index < -0.39 is 5.97 Å². The van der Waals surface area contributed by atoms with Gasteiger partial charge in [-0.2, -0.15) is 0 Å². The number of carbonyl (C=O) groups is 2. The Kier molecular flexibility index (Phi) is 5.05. The van der Waals surface area contributed by atoms with Crippen LogP contribution in [0.2, 0.25) is 0 Å². The maximum Gasteiger partial charge on any atom is 0.337 e. The van der Waals surface area contributed by atoms with E-state index in [2.05, 4.69) is 4.74 Å². The summed E-state index contributed by atoms with van der Waals surface area (Å²) in [6.45, 7) is 0.462. The highest BCUT2D eigenvalue weighted by molar-refractivity contribution is 5.89. The van der Waals surface area contributed by atoms with Crippen molar-refractivity contribution in [2.24, 2.45) is 0 Å². The van der Waals surface area contributed by atoms with E-state index in [1.54, 1.807) is 24.3 Å². The minimum atomic E-state index is -0.390. The molecule has 0 radical (unpaired) electrons. The van der Waals surface area contributed by atoms with Crippen LogP contribution in [-0.4, -0.2) is 26.0 Å². The lowest BCUT2D eigenvalue weighted by Gasteiger charge is -2.06. The summed E-state index contributed by atoms with van der Waals surface area (Å²) in [4.78, 5) is 21.3. The minimum absolute atomic E-state index is 0.390. The lowest BCUT2D eigenvalue weighted by atomic mass is 10.2. The highest BCUT2D eigenvalue weighted by Crippen LogP contribution is 2.14. The van der Waals surface area contributed by atoms with Crippen molar-refractivity contribution < 1.29 is 19.1 Å². The molecule has 0 spiro atoms. The van der Waals surface area contributed by atoms with Crippen LogP contribution in [0.15, 0.2) is 24.3 Å². The third-order valence-electron chi connectivity index (χ3n) is 1.99. The molecular formula is C12H14O4. The predicted octanol–water partition coefficient (Wildman–Crippen LogP) is 1.83. The van der Waals surface area contributed by atoms with Crippen LogP contribution in [0, 0.1) is 0 Å². The number of unbranched alkanes of at least 4 members (excludes halogenated alkanes) is 1. The second-order valence-corrected chi connectivity index (χ2v) is 3.18. The Morgan fingerprint density at radius 1 is 1.44 bits per heavy atom. The van der Waals surface area contributed by atoms with Crippen molar-refractivity contribution in [3.8, 4) is 5.75 Å². The van der Waals surface area contributed by atoms with Gasteiger partial charge < -0.3 is 14.3 Å². The van der Waals surface area contributed by atoms with E-state index in [1.165, 1.54) is 7.11 Å². The van der Waals surface area contributed by atoms with Gasteiger partial charge in [-0.3, -0.25) is 0 Å². The molecule has 0 atom stereocenters. The maximum absolute atomic E-state index is 11.2. The lowest BCUT2D eigenvalue weighted by Crippen LogP contribution is -2.02. The maximum atomic E-state index is 11.2. The van der Waals surface area contributed by atoms with E-state index in [9.17, 15) is 9.59 Å². The van der Waals surface area contributed by atoms with Crippen LogP contribution in [0.3, 0.4) is 0 Å². The molecular weight excluding hydrogens is 208 g/mol. The van der Waals surface area contributed by atoms with Gasteiger partial charge in [0.2, 0.25) is 0 Å². The fraction of sp³-hybridized carbons (Fsp3) is 0.333. The molecule has 0 aliphatic carbocycles. The second kappa shape index (κ2) is 6.61. The van der Waals surface area contributed by atoms with Crippen LogP contribution in [-0.2, 0) is 9.53 Å². The van der Waals surface area contributed by atoms with Gasteiger partial charge in [-0.15, -0.1) is 0 Å². The fourth-order valence-electron chi connectivity index (χ4n) is 1.19. The molecule has 0 aromatic heterocycles. The molecule has 1 aromatic rings. The molecule has 0 saturated heterocycles. The summed E-state index contributed by atoms with van der Waals surface area (Å²) in [5.41, 5.74) is 0.454. The Morgan fingerprint density at radius 2 is 2.25 bits per heavy atom. The standard InChI is InChI=1S/C12H14O4/c1-15-12(14)10-5-4-6-11(9-10)16-8-3-2-7-13/h4-7,9H,2-3,8H2,1H3. The number of benzene rings is 1. The van der Waals surface area contributed by atoms with Gasteiger partial charge in [-0.25, -0.2) is 4.79 Å². The first-order valence-corrected chi connectivity index (χ1v) is 5.02. The molecule has 0 aliphatic rings. The highest BCUT2D eigenvalue weighted by atomic mass is 16.5. The monoisotopic (exact) mass is 222 g/mol. The van der Waals surface area contributed by atoms with Gasteiger partial charge in [0.25, 0.3) is 0 Å². The Hall–Kier alpha value is -1.84. The van der Waals surface area contributed by atoms with E-state index in [0.717, 1.165) is 6.29 Å². The van der Waals surface area contributed by atoms with Crippen molar-refractivity contribution in [1.82, 2.24) is 0 Å². The van der Waals surface area contributed by atoms with Crippen molar-refractivity contribution in [3.05, 3.63) is 29.8 Å². The van der Waals surface area contributed by atoms with E-state index in [4.69, 9.17) is 4.74 Å². The third kappa shape index (κ3) is 3.73. The number of rotatable bonds is 6. The Morgan fingerprint density at radius 3 is 2.94 bits per heavy atom. The normalized spacial score (nSPS) is 9.56. The molecule has 0 aliphatic heterocycles. The number of hydrogen-bond donors (Lipinski definition) is 0. The zero-order chi connectivity index (χ0) is 11.8. The van der Waals surface area contributed by atoms with Crippen LogP contribution >= 0.6 is 0 Å². The minimum Gasteiger partial charge on any atom is -0.494 e. The van der Waals surface area contributed by atoms with Crippen LogP contribution in [0.1, 0.15) is 23.2 Å². The van der Waals surface area contributed by atoms with Gasteiger partial charge in [0, 0.05) is 6.42 Å². The van der Waals surface area contributed by atoms with Gasteiger partial charge in [-0.1, -0.05) is 6.07 Å². The average molecular weight is 222 g/mol. The molecule has 0 amide bonds. The molecule has 0 saturated carbocycles. The average Bonchev–Trinajstić information content (AvgIpc) is 2.34. The van der Waals surface area contributed by atoms with Gasteiger partial charge in [-0.05, 0) is 24.6 Å². The van der Waals surface area contributed by atoms with Gasteiger partial charge in [0.05, 0.1) is 19.3 Å². The summed E-state index contributed by atoms with van der Waals surface area (Å²) in [5.74, 6) is 0.215. The Bertz CT molecular complexity index is 360. The van der Waals surface area contributed by atoms with Crippen molar-refractivity contribution in [3.63, 3.8) is 0 Å². The number of ether oxygens (including phenoxy) is 2. The number of carbonyl (C=O) groups excluding carboxylic acids is 2. The molecule has 0 N–H and O–H groups in total. The molecule has 4 heteroatoms. The van der Waals surface area contributed by atoms with Crippen molar-refractivity contribution in [2.75, 3.05) is 13.7 Å². The first-order chi connectivity index (χ1) is 7.77. The summed E-state index contributed by atoms with van der Waals surface area (Å²) in [6, 6.07) is 6.76. The molecule has 0 bridgehead atoms. The Labute approximate surface area is 94.2 Å². The zero-order valence-electron chi connectivity index (χ0n) is 9.14. The smallest absolute Gasteiger partial charge is 0.337 e.